The Labute approximate surface area is 79.2 Å². The summed E-state index contributed by atoms with van der Waals surface area (Å²) < 4.78 is 10.6. The van der Waals surface area contributed by atoms with Crippen molar-refractivity contribution in [1.82, 2.24) is 0 Å². The second-order valence-corrected chi connectivity index (χ2v) is 3.24. The van der Waals surface area contributed by atoms with Crippen LogP contribution in [0, 0.1) is 5.92 Å². The third kappa shape index (κ3) is 2.11. The van der Waals surface area contributed by atoms with Crippen molar-refractivity contribution >= 4 is 0 Å². The van der Waals surface area contributed by atoms with Gasteiger partial charge in [-0.2, -0.15) is 0 Å². The van der Waals surface area contributed by atoms with E-state index < -0.39 is 0 Å². The van der Waals surface area contributed by atoms with Gasteiger partial charge in [-0.3, -0.25) is 0 Å². The summed E-state index contributed by atoms with van der Waals surface area (Å²) in [6, 6.07) is 0.0288. The van der Waals surface area contributed by atoms with Crippen LogP contribution in [0.15, 0.2) is 24.0 Å². The van der Waals surface area contributed by atoms with Crippen LogP contribution >= 0.6 is 0 Å². The van der Waals surface area contributed by atoms with Gasteiger partial charge in [0.25, 0.3) is 0 Å². The summed E-state index contributed by atoms with van der Waals surface area (Å²) in [5.41, 5.74) is 5.86. The normalized spacial score (nSPS) is 29.7. The summed E-state index contributed by atoms with van der Waals surface area (Å²) >= 11 is 0. The standard InChI is InChI=1S/C10H17NO2/c1-7(11)10-8(12-2)5-4-6-9(10)13-3/h4-8,10H,11H2,1-3H3/t7-,8?,10?/m1/s1. The van der Waals surface area contributed by atoms with Gasteiger partial charge in [0.15, 0.2) is 0 Å². The first-order valence-electron chi connectivity index (χ1n) is 4.41. The minimum atomic E-state index is 0.0277. The predicted molar refractivity (Wildman–Crippen MR) is 52.2 cm³/mol. The minimum absolute atomic E-state index is 0.0277. The van der Waals surface area contributed by atoms with Crippen molar-refractivity contribution in [3.8, 4) is 0 Å². The van der Waals surface area contributed by atoms with Crippen molar-refractivity contribution in [2.45, 2.75) is 19.1 Å². The Morgan fingerprint density at radius 2 is 2.15 bits per heavy atom. The first-order chi connectivity index (χ1) is 6.20. The maximum Gasteiger partial charge on any atom is 0.103 e. The Hall–Kier alpha value is -0.800. The molecule has 0 aromatic heterocycles. The average Bonchev–Trinajstić information content (AvgIpc) is 2.16. The van der Waals surface area contributed by atoms with Crippen molar-refractivity contribution in [2.24, 2.45) is 11.7 Å². The zero-order valence-electron chi connectivity index (χ0n) is 8.36. The number of nitrogens with two attached hydrogens (primary N) is 1. The largest absolute Gasteiger partial charge is 0.501 e. The lowest BCUT2D eigenvalue weighted by molar-refractivity contribution is 0.0659. The molecule has 2 unspecified atom stereocenters. The molecule has 0 saturated heterocycles. The number of hydrogen-bond acceptors (Lipinski definition) is 3. The summed E-state index contributed by atoms with van der Waals surface area (Å²) in [6.07, 6.45) is 5.89. The average molecular weight is 183 g/mol. The first-order valence-corrected chi connectivity index (χ1v) is 4.41. The molecular formula is C10H17NO2. The molecule has 1 aliphatic carbocycles. The van der Waals surface area contributed by atoms with E-state index >= 15 is 0 Å². The summed E-state index contributed by atoms with van der Waals surface area (Å²) in [4.78, 5) is 0. The van der Waals surface area contributed by atoms with Gasteiger partial charge >= 0.3 is 0 Å². The Morgan fingerprint density at radius 1 is 1.46 bits per heavy atom. The van der Waals surface area contributed by atoms with E-state index in [2.05, 4.69) is 0 Å². The fourth-order valence-corrected chi connectivity index (χ4v) is 1.64. The van der Waals surface area contributed by atoms with Crippen LogP contribution in [0.3, 0.4) is 0 Å². The van der Waals surface area contributed by atoms with Gasteiger partial charge in [-0.05, 0) is 13.0 Å². The minimum Gasteiger partial charge on any atom is -0.501 e. The summed E-state index contributed by atoms with van der Waals surface area (Å²) in [5.74, 6) is 1.02. The maximum absolute atomic E-state index is 5.86. The van der Waals surface area contributed by atoms with Crippen molar-refractivity contribution in [1.29, 1.82) is 0 Å². The number of methoxy groups -OCH3 is 2. The number of rotatable bonds is 3. The van der Waals surface area contributed by atoms with Gasteiger partial charge in [-0.15, -0.1) is 0 Å². The molecule has 0 bridgehead atoms. The monoisotopic (exact) mass is 183 g/mol. The summed E-state index contributed by atoms with van der Waals surface area (Å²) in [5, 5.41) is 0. The lowest BCUT2D eigenvalue weighted by atomic mass is 9.89. The predicted octanol–water partition coefficient (Wildman–Crippen LogP) is 1.06. The molecule has 0 aliphatic heterocycles. The van der Waals surface area contributed by atoms with Crippen LogP contribution in [0.4, 0.5) is 0 Å². The zero-order valence-corrected chi connectivity index (χ0v) is 8.36. The van der Waals surface area contributed by atoms with E-state index in [4.69, 9.17) is 15.2 Å². The van der Waals surface area contributed by atoms with Crippen molar-refractivity contribution < 1.29 is 9.47 Å². The smallest absolute Gasteiger partial charge is 0.103 e. The molecule has 2 N–H and O–H groups in total. The summed E-state index contributed by atoms with van der Waals surface area (Å²) in [7, 11) is 3.34. The number of ether oxygens (including phenoxy) is 2. The second kappa shape index (κ2) is 4.44. The quantitative estimate of drug-likeness (QED) is 0.711. The van der Waals surface area contributed by atoms with Crippen molar-refractivity contribution in [3.05, 3.63) is 24.0 Å². The number of hydrogen-bond donors (Lipinski definition) is 1. The molecule has 0 saturated carbocycles. The molecule has 0 heterocycles. The fraction of sp³-hybridized carbons (Fsp3) is 0.600. The second-order valence-electron chi connectivity index (χ2n) is 3.24. The van der Waals surface area contributed by atoms with Crippen LogP contribution in [-0.2, 0) is 9.47 Å². The van der Waals surface area contributed by atoms with Gasteiger partial charge in [-0.1, -0.05) is 12.2 Å². The zero-order chi connectivity index (χ0) is 9.84. The van der Waals surface area contributed by atoms with Crippen LogP contribution in [-0.4, -0.2) is 26.4 Å². The fourth-order valence-electron chi connectivity index (χ4n) is 1.64. The molecule has 0 amide bonds. The van der Waals surface area contributed by atoms with Gasteiger partial charge in [0.05, 0.1) is 19.1 Å². The van der Waals surface area contributed by atoms with Gasteiger partial charge in [-0.25, -0.2) is 0 Å². The molecule has 0 spiro atoms. The van der Waals surface area contributed by atoms with Gasteiger partial charge in [0.2, 0.25) is 0 Å². The highest BCUT2D eigenvalue weighted by Gasteiger charge is 2.29. The highest BCUT2D eigenvalue weighted by atomic mass is 16.5. The van der Waals surface area contributed by atoms with E-state index in [1.54, 1.807) is 14.2 Å². The van der Waals surface area contributed by atoms with Gasteiger partial charge in [0.1, 0.15) is 5.76 Å². The molecule has 3 heteroatoms. The van der Waals surface area contributed by atoms with E-state index in [1.165, 1.54) is 0 Å². The summed E-state index contributed by atoms with van der Waals surface area (Å²) in [6.45, 7) is 1.96. The van der Waals surface area contributed by atoms with E-state index in [1.807, 2.05) is 25.2 Å². The third-order valence-corrected chi connectivity index (χ3v) is 2.32. The van der Waals surface area contributed by atoms with Gasteiger partial charge in [0, 0.05) is 13.2 Å². The highest BCUT2D eigenvalue weighted by Crippen LogP contribution is 2.25. The van der Waals surface area contributed by atoms with E-state index in [0.717, 1.165) is 5.76 Å². The van der Waals surface area contributed by atoms with Crippen LogP contribution < -0.4 is 5.73 Å². The molecule has 3 atom stereocenters. The van der Waals surface area contributed by atoms with Crippen molar-refractivity contribution in [3.63, 3.8) is 0 Å². The molecule has 3 nitrogen and oxygen atoms in total. The Morgan fingerprint density at radius 3 is 2.62 bits per heavy atom. The van der Waals surface area contributed by atoms with Gasteiger partial charge < -0.3 is 15.2 Å². The van der Waals surface area contributed by atoms with Crippen LogP contribution in [0.1, 0.15) is 6.92 Å². The molecule has 13 heavy (non-hydrogen) atoms. The SMILES string of the molecule is COC1=CC=CC(OC)C1[C@@H](C)N. The topological polar surface area (TPSA) is 44.5 Å². The molecule has 74 valence electrons. The lowest BCUT2D eigenvalue weighted by Gasteiger charge is -2.30. The van der Waals surface area contributed by atoms with Crippen molar-refractivity contribution in [2.75, 3.05) is 14.2 Å². The Balaban J connectivity index is 2.83. The number of allylic oxidation sites excluding steroid dienone is 2. The molecule has 1 aliphatic rings. The molecule has 0 radical (unpaired) electrons. The molecule has 1 rings (SSSR count). The Bertz CT molecular complexity index is 221. The Kier molecular flexibility index (Phi) is 3.51. The molecule has 0 fully saturated rings. The van der Waals surface area contributed by atoms with E-state index in [9.17, 15) is 0 Å². The van der Waals surface area contributed by atoms with Crippen LogP contribution in [0.5, 0.6) is 0 Å². The molecule has 0 aromatic rings. The van der Waals surface area contributed by atoms with E-state index in [-0.39, 0.29) is 18.1 Å². The lowest BCUT2D eigenvalue weighted by Crippen LogP contribution is -2.38. The molecule has 0 aromatic carbocycles. The maximum atomic E-state index is 5.86. The van der Waals surface area contributed by atoms with Crippen LogP contribution in [0.2, 0.25) is 0 Å². The van der Waals surface area contributed by atoms with E-state index in [0.29, 0.717) is 0 Å². The molecular weight excluding hydrogens is 166 g/mol. The highest BCUT2D eigenvalue weighted by molar-refractivity contribution is 5.21. The van der Waals surface area contributed by atoms with Crippen LogP contribution in [0.25, 0.3) is 0 Å². The first kappa shape index (κ1) is 10.3. The third-order valence-electron chi connectivity index (χ3n) is 2.32.